The van der Waals surface area contributed by atoms with Crippen LogP contribution in [-0.2, 0) is 26.2 Å². The molecule has 0 aliphatic carbocycles. The van der Waals surface area contributed by atoms with E-state index in [0.717, 1.165) is 32.8 Å². The van der Waals surface area contributed by atoms with Gasteiger partial charge in [-0.3, -0.25) is 13.9 Å². The van der Waals surface area contributed by atoms with Crippen LogP contribution in [0.4, 0.5) is 5.69 Å². The summed E-state index contributed by atoms with van der Waals surface area (Å²) in [6.07, 6.45) is 1.49. The van der Waals surface area contributed by atoms with Crippen LogP contribution in [0.1, 0.15) is 35.6 Å². The van der Waals surface area contributed by atoms with E-state index in [1.807, 2.05) is 64.1 Å². The number of hydrogen-bond acceptors (Lipinski definition) is 4. The summed E-state index contributed by atoms with van der Waals surface area (Å²) in [5.41, 5.74) is 4.10. The number of nitrogens with one attached hydrogen (secondary N) is 1. The maximum atomic E-state index is 13.5. The van der Waals surface area contributed by atoms with Gasteiger partial charge in [-0.05, 0) is 49.9 Å². The van der Waals surface area contributed by atoms with Gasteiger partial charge in [-0.15, -0.1) is 0 Å². The number of carbonyl (C=O) groups excluding carboxylic acids is 2. The van der Waals surface area contributed by atoms with Crippen molar-refractivity contribution < 1.29 is 18.0 Å². The molecular formula is C24H33N3O4S. The predicted octanol–water partition coefficient (Wildman–Crippen LogP) is 2.93. The Kier molecular flexibility index (Phi) is 8.44. The molecule has 2 amide bonds. The van der Waals surface area contributed by atoms with Gasteiger partial charge in [0, 0.05) is 13.6 Å². The first-order valence-corrected chi connectivity index (χ1v) is 12.4. The van der Waals surface area contributed by atoms with Crippen molar-refractivity contribution >= 4 is 27.5 Å². The molecule has 2 rings (SSSR count). The van der Waals surface area contributed by atoms with Crippen LogP contribution in [0.25, 0.3) is 0 Å². The molecule has 0 saturated heterocycles. The molecule has 8 heteroatoms. The van der Waals surface area contributed by atoms with Crippen molar-refractivity contribution in [1.29, 1.82) is 0 Å². The van der Waals surface area contributed by atoms with Crippen LogP contribution in [0.3, 0.4) is 0 Å². The molecule has 0 aliphatic rings. The van der Waals surface area contributed by atoms with Crippen molar-refractivity contribution in [1.82, 2.24) is 10.2 Å². The molecule has 0 bridgehead atoms. The van der Waals surface area contributed by atoms with Gasteiger partial charge in [0.15, 0.2) is 0 Å². The number of amides is 2. The van der Waals surface area contributed by atoms with Gasteiger partial charge in [-0.1, -0.05) is 48.9 Å². The minimum Gasteiger partial charge on any atom is -0.357 e. The summed E-state index contributed by atoms with van der Waals surface area (Å²) in [4.78, 5) is 27.6. The Labute approximate surface area is 191 Å². The van der Waals surface area contributed by atoms with Gasteiger partial charge in [0.25, 0.3) is 0 Å². The Morgan fingerprint density at radius 2 is 1.69 bits per heavy atom. The molecule has 2 aromatic rings. The van der Waals surface area contributed by atoms with Gasteiger partial charge in [-0.25, -0.2) is 8.42 Å². The number of hydrogen-bond donors (Lipinski definition) is 1. The molecule has 1 N–H and O–H groups in total. The van der Waals surface area contributed by atoms with E-state index in [1.165, 1.54) is 11.9 Å². The van der Waals surface area contributed by atoms with Gasteiger partial charge in [0.1, 0.15) is 12.6 Å². The Bertz CT molecular complexity index is 1080. The highest BCUT2D eigenvalue weighted by Gasteiger charge is 2.31. The topological polar surface area (TPSA) is 86.8 Å². The van der Waals surface area contributed by atoms with Crippen molar-refractivity contribution in [2.75, 3.05) is 24.2 Å². The number of likely N-dealkylation sites (N-methyl/N-ethyl adjacent to an activating group) is 1. The smallest absolute Gasteiger partial charge is 0.244 e. The molecule has 0 saturated carbocycles. The number of nitrogens with zero attached hydrogens (tertiary/aromatic N) is 2. The zero-order chi connectivity index (χ0) is 24.1. The molecule has 0 fully saturated rings. The fourth-order valence-electron chi connectivity index (χ4n) is 3.74. The van der Waals surface area contributed by atoms with E-state index < -0.39 is 22.0 Å². The molecule has 0 spiro atoms. The number of sulfonamides is 1. The Morgan fingerprint density at radius 1 is 1.03 bits per heavy atom. The molecule has 7 nitrogen and oxygen atoms in total. The first-order chi connectivity index (χ1) is 15.0. The number of benzene rings is 2. The molecule has 0 unspecified atom stereocenters. The molecule has 174 valence electrons. The van der Waals surface area contributed by atoms with E-state index in [0.29, 0.717) is 12.1 Å². The summed E-state index contributed by atoms with van der Waals surface area (Å²) in [5, 5.41) is 2.62. The lowest BCUT2D eigenvalue weighted by atomic mass is 10.1. The van der Waals surface area contributed by atoms with E-state index in [1.54, 1.807) is 6.07 Å². The van der Waals surface area contributed by atoms with E-state index in [2.05, 4.69) is 5.32 Å². The monoisotopic (exact) mass is 459 g/mol. The molecule has 0 aromatic heterocycles. The molecule has 0 heterocycles. The van der Waals surface area contributed by atoms with Crippen LogP contribution < -0.4 is 9.62 Å². The average Bonchev–Trinajstić information content (AvgIpc) is 2.72. The van der Waals surface area contributed by atoms with Gasteiger partial charge >= 0.3 is 0 Å². The fourth-order valence-corrected chi connectivity index (χ4v) is 4.64. The Morgan fingerprint density at radius 3 is 2.22 bits per heavy atom. The van der Waals surface area contributed by atoms with E-state index in [4.69, 9.17) is 0 Å². The molecular weight excluding hydrogens is 426 g/mol. The highest BCUT2D eigenvalue weighted by molar-refractivity contribution is 7.92. The van der Waals surface area contributed by atoms with Gasteiger partial charge in [-0.2, -0.15) is 0 Å². The van der Waals surface area contributed by atoms with Crippen molar-refractivity contribution in [2.45, 2.75) is 46.7 Å². The summed E-state index contributed by atoms with van der Waals surface area (Å²) in [6.45, 7) is 7.33. The summed E-state index contributed by atoms with van der Waals surface area (Å²) >= 11 is 0. The molecule has 32 heavy (non-hydrogen) atoms. The molecule has 0 aliphatic heterocycles. The lowest BCUT2D eigenvalue weighted by Crippen LogP contribution is -2.51. The van der Waals surface area contributed by atoms with Crippen LogP contribution >= 0.6 is 0 Å². The minimum atomic E-state index is -3.74. The lowest BCUT2D eigenvalue weighted by molar-refractivity contribution is -0.140. The summed E-state index contributed by atoms with van der Waals surface area (Å²) in [6, 6.07) is 12.3. The van der Waals surface area contributed by atoms with Crippen LogP contribution in [0.5, 0.6) is 0 Å². The zero-order valence-electron chi connectivity index (χ0n) is 19.7. The number of aryl methyl sites for hydroxylation is 3. The first-order valence-electron chi connectivity index (χ1n) is 10.6. The third-order valence-corrected chi connectivity index (χ3v) is 6.66. The standard InChI is InChI=1S/C24H33N3O4S/c1-7-21(24(29)25-5)26(15-20-11-9-8-10-18(20)3)23(28)16-27(32(6,30)31)22-13-12-17(2)14-19(22)4/h8-14,21H,7,15-16H2,1-6H3,(H,25,29)/t21-/m1/s1. The Balaban J connectivity index is 2.48. The number of anilines is 1. The largest absolute Gasteiger partial charge is 0.357 e. The van der Waals surface area contributed by atoms with Gasteiger partial charge in [0.2, 0.25) is 21.8 Å². The summed E-state index contributed by atoms with van der Waals surface area (Å²) in [7, 11) is -2.21. The number of rotatable bonds is 9. The van der Waals surface area contributed by atoms with Crippen LogP contribution in [0, 0.1) is 20.8 Å². The first kappa shape index (κ1) is 25.4. The number of carbonyl (C=O) groups is 2. The SMILES string of the molecule is CC[C@H](C(=O)NC)N(Cc1ccccc1C)C(=O)CN(c1ccc(C)cc1C)S(C)(=O)=O. The minimum absolute atomic E-state index is 0.210. The summed E-state index contributed by atoms with van der Waals surface area (Å²) in [5.74, 6) is -0.721. The quantitative estimate of drug-likeness (QED) is 0.625. The zero-order valence-corrected chi connectivity index (χ0v) is 20.5. The van der Waals surface area contributed by atoms with E-state index in [-0.39, 0.29) is 19.0 Å². The second kappa shape index (κ2) is 10.6. The lowest BCUT2D eigenvalue weighted by Gasteiger charge is -2.33. The van der Waals surface area contributed by atoms with Crippen LogP contribution in [0.15, 0.2) is 42.5 Å². The predicted molar refractivity (Wildman–Crippen MR) is 128 cm³/mol. The highest BCUT2D eigenvalue weighted by atomic mass is 32.2. The van der Waals surface area contributed by atoms with Crippen molar-refractivity contribution in [2.24, 2.45) is 0 Å². The summed E-state index contributed by atoms with van der Waals surface area (Å²) < 4.78 is 26.4. The normalized spacial score (nSPS) is 12.2. The van der Waals surface area contributed by atoms with Gasteiger partial charge < -0.3 is 10.2 Å². The Hall–Kier alpha value is -2.87. The third kappa shape index (κ3) is 6.09. The van der Waals surface area contributed by atoms with E-state index in [9.17, 15) is 18.0 Å². The second-order valence-corrected chi connectivity index (χ2v) is 9.95. The molecule has 1 atom stereocenters. The maximum absolute atomic E-state index is 13.5. The molecule has 2 aromatic carbocycles. The third-order valence-electron chi connectivity index (χ3n) is 5.53. The van der Waals surface area contributed by atoms with Gasteiger partial charge in [0.05, 0.1) is 11.9 Å². The molecule has 0 radical (unpaired) electrons. The van der Waals surface area contributed by atoms with Crippen molar-refractivity contribution in [3.8, 4) is 0 Å². The maximum Gasteiger partial charge on any atom is 0.244 e. The van der Waals surface area contributed by atoms with Crippen molar-refractivity contribution in [3.63, 3.8) is 0 Å². The van der Waals surface area contributed by atoms with Crippen LogP contribution in [0.2, 0.25) is 0 Å². The highest BCUT2D eigenvalue weighted by Crippen LogP contribution is 2.24. The van der Waals surface area contributed by atoms with E-state index >= 15 is 0 Å². The second-order valence-electron chi connectivity index (χ2n) is 8.05. The van der Waals surface area contributed by atoms with Crippen molar-refractivity contribution in [3.05, 3.63) is 64.7 Å². The van der Waals surface area contributed by atoms with Crippen LogP contribution in [-0.4, -0.2) is 51.0 Å². The fraction of sp³-hybridized carbons (Fsp3) is 0.417. The average molecular weight is 460 g/mol.